The molecule has 192 valence electrons. The van der Waals surface area contributed by atoms with Crippen molar-refractivity contribution >= 4 is 34.1 Å². The molecule has 0 aliphatic carbocycles. The molecule has 0 saturated heterocycles. The summed E-state index contributed by atoms with van der Waals surface area (Å²) in [5, 5.41) is 7.33. The van der Waals surface area contributed by atoms with Crippen LogP contribution in [0.25, 0.3) is 16.7 Å². The van der Waals surface area contributed by atoms with Crippen LogP contribution in [0.5, 0.6) is 5.75 Å². The Hall–Kier alpha value is -4.37. The highest BCUT2D eigenvalue weighted by molar-refractivity contribution is 5.87. The summed E-state index contributed by atoms with van der Waals surface area (Å²) in [5.74, 6) is 1.59. The van der Waals surface area contributed by atoms with Crippen LogP contribution < -0.4 is 20.3 Å². The SMILES string of the molecule is C=CC(=O)NCc1cc(Nc2nccc(-n3ccc4ccccc43)n2)c(OC)cc1N(C)CCN(C)C. The van der Waals surface area contributed by atoms with Crippen molar-refractivity contribution in [2.45, 2.75) is 6.54 Å². The van der Waals surface area contributed by atoms with E-state index in [9.17, 15) is 4.79 Å². The molecule has 0 radical (unpaired) electrons. The number of nitrogens with one attached hydrogen (secondary N) is 2. The van der Waals surface area contributed by atoms with Crippen molar-refractivity contribution in [3.8, 4) is 11.6 Å². The summed E-state index contributed by atoms with van der Waals surface area (Å²) < 4.78 is 7.76. The zero-order chi connectivity index (χ0) is 26.4. The molecule has 2 heterocycles. The second-order valence-corrected chi connectivity index (χ2v) is 8.94. The fraction of sp³-hybridized carbons (Fsp3) is 0.250. The van der Waals surface area contributed by atoms with Gasteiger partial charge in [0.1, 0.15) is 11.6 Å². The zero-order valence-electron chi connectivity index (χ0n) is 21.7. The van der Waals surface area contributed by atoms with Gasteiger partial charge in [-0.3, -0.25) is 4.79 Å². The summed E-state index contributed by atoms with van der Waals surface area (Å²) >= 11 is 0. The van der Waals surface area contributed by atoms with Crippen molar-refractivity contribution in [1.82, 2.24) is 24.8 Å². The number of carbonyl (C=O) groups is 1. The maximum atomic E-state index is 11.9. The van der Waals surface area contributed by atoms with Crippen LogP contribution in [0.2, 0.25) is 0 Å². The number of hydrogen-bond donors (Lipinski definition) is 2. The summed E-state index contributed by atoms with van der Waals surface area (Å²) in [7, 11) is 7.74. The van der Waals surface area contributed by atoms with Crippen LogP contribution in [0.3, 0.4) is 0 Å². The lowest BCUT2D eigenvalue weighted by Crippen LogP contribution is -2.30. The average molecular weight is 500 g/mol. The number of amides is 1. The molecule has 37 heavy (non-hydrogen) atoms. The summed E-state index contributed by atoms with van der Waals surface area (Å²) in [4.78, 5) is 25.4. The maximum absolute atomic E-state index is 11.9. The van der Waals surface area contributed by atoms with E-state index in [2.05, 4.69) is 50.2 Å². The third kappa shape index (κ3) is 6.07. The van der Waals surface area contributed by atoms with E-state index >= 15 is 0 Å². The van der Waals surface area contributed by atoms with Gasteiger partial charge in [-0.2, -0.15) is 4.98 Å². The van der Waals surface area contributed by atoms with Gasteiger partial charge >= 0.3 is 0 Å². The van der Waals surface area contributed by atoms with Gasteiger partial charge < -0.3 is 29.7 Å². The van der Waals surface area contributed by atoms with E-state index < -0.39 is 0 Å². The molecule has 9 heteroatoms. The Morgan fingerprint density at radius 2 is 1.95 bits per heavy atom. The molecule has 0 fully saturated rings. The van der Waals surface area contributed by atoms with Gasteiger partial charge in [0, 0.05) is 50.8 Å². The molecule has 4 aromatic rings. The Morgan fingerprint density at radius 3 is 2.70 bits per heavy atom. The van der Waals surface area contributed by atoms with E-state index in [0.717, 1.165) is 41.1 Å². The van der Waals surface area contributed by atoms with Crippen LogP contribution >= 0.6 is 0 Å². The smallest absolute Gasteiger partial charge is 0.243 e. The molecule has 9 nitrogen and oxygen atoms in total. The molecule has 2 aromatic heterocycles. The van der Waals surface area contributed by atoms with Crippen LogP contribution in [-0.4, -0.2) is 66.7 Å². The van der Waals surface area contributed by atoms with Crippen LogP contribution in [0, 0.1) is 0 Å². The molecule has 2 N–H and O–H groups in total. The van der Waals surface area contributed by atoms with E-state index in [4.69, 9.17) is 9.72 Å². The highest BCUT2D eigenvalue weighted by atomic mass is 16.5. The van der Waals surface area contributed by atoms with Gasteiger partial charge in [-0.05, 0) is 55.4 Å². The van der Waals surface area contributed by atoms with Gasteiger partial charge in [-0.15, -0.1) is 0 Å². The van der Waals surface area contributed by atoms with Gasteiger partial charge in [0.05, 0.1) is 18.3 Å². The second kappa shape index (κ2) is 11.6. The lowest BCUT2D eigenvalue weighted by Gasteiger charge is -2.26. The van der Waals surface area contributed by atoms with Crippen molar-refractivity contribution in [2.75, 3.05) is 51.6 Å². The monoisotopic (exact) mass is 499 g/mol. The van der Waals surface area contributed by atoms with Gasteiger partial charge in [0.25, 0.3) is 0 Å². The topological polar surface area (TPSA) is 87.5 Å². The number of aromatic nitrogens is 3. The summed E-state index contributed by atoms with van der Waals surface area (Å²) in [6.45, 7) is 5.57. The van der Waals surface area contributed by atoms with Crippen molar-refractivity contribution in [1.29, 1.82) is 0 Å². The third-order valence-corrected chi connectivity index (χ3v) is 6.07. The van der Waals surface area contributed by atoms with E-state index in [1.54, 1.807) is 13.3 Å². The number of likely N-dealkylation sites (N-methyl/N-ethyl adjacent to an activating group) is 2. The zero-order valence-corrected chi connectivity index (χ0v) is 21.7. The lowest BCUT2D eigenvalue weighted by atomic mass is 10.1. The predicted molar refractivity (Wildman–Crippen MR) is 149 cm³/mol. The summed E-state index contributed by atoms with van der Waals surface area (Å²) in [6.07, 6.45) is 4.99. The molecule has 0 bridgehead atoms. The Kier molecular flexibility index (Phi) is 8.05. The predicted octanol–water partition coefficient (Wildman–Crippen LogP) is 3.97. The van der Waals surface area contributed by atoms with E-state index in [0.29, 0.717) is 23.9 Å². The Balaban J connectivity index is 1.67. The molecular formula is C28H33N7O2. The van der Waals surface area contributed by atoms with Gasteiger partial charge in [0.15, 0.2) is 0 Å². The molecule has 0 atom stereocenters. The van der Waals surface area contributed by atoms with Gasteiger partial charge in [0.2, 0.25) is 11.9 Å². The minimum Gasteiger partial charge on any atom is -0.494 e. The highest BCUT2D eigenvalue weighted by Gasteiger charge is 2.16. The molecular weight excluding hydrogens is 466 g/mol. The molecule has 4 rings (SSSR count). The minimum absolute atomic E-state index is 0.234. The van der Waals surface area contributed by atoms with Crippen LogP contribution in [0.15, 0.2) is 73.6 Å². The second-order valence-electron chi connectivity index (χ2n) is 8.94. The first-order valence-electron chi connectivity index (χ1n) is 12.0. The Bertz CT molecular complexity index is 1400. The number of para-hydroxylation sites is 1. The molecule has 0 aliphatic heterocycles. The quantitative estimate of drug-likeness (QED) is 0.302. The summed E-state index contributed by atoms with van der Waals surface area (Å²) in [5.41, 5.74) is 3.65. The number of methoxy groups -OCH3 is 1. The fourth-order valence-electron chi connectivity index (χ4n) is 4.05. The van der Waals surface area contributed by atoms with Crippen LogP contribution in [-0.2, 0) is 11.3 Å². The number of fused-ring (bicyclic) bond motifs is 1. The number of hydrogen-bond acceptors (Lipinski definition) is 7. The standard InChI is InChI=1S/C28H33N7O2/c1-6-27(36)30-19-21-17-22(25(37-5)18-24(21)34(4)16-15-33(2)3)31-28-29-13-11-26(32-28)35-14-12-20-9-7-8-10-23(20)35/h6-14,17-18H,1,15-16,19H2,2-5H3,(H,30,36)(H,29,31,32). The molecule has 0 saturated carbocycles. The van der Waals surface area contributed by atoms with E-state index in [1.807, 2.05) is 62.2 Å². The van der Waals surface area contributed by atoms with Crippen molar-refractivity contribution < 1.29 is 9.53 Å². The van der Waals surface area contributed by atoms with Crippen LogP contribution in [0.4, 0.5) is 17.3 Å². The molecule has 2 aromatic carbocycles. The Labute approximate surface area is 217 Å². The number of carbonyl (C=O) groups excluding carboxylic acids is 1. The fourth-order valence-corrected chi connectivity index (χ4v) is 4.05. The molecule has 0 aliphatic rings. The number of benzene rings is 2. The first kappa shape index (κ1) is 25.7. The lowest BCUT2D eigenvalue weighted by molar-refractivity contribution is -0.116. The van der Waals surface area contributed by atoms with Crippen molar-refractivity contribution in [3.05, 3.63) is 79.1 Å². The van der Waals surface area contributed by atoms with E-state index in [-0.39, 0.29) is 5.91 Å². The summed E-state index contributed by atoms with van der Waals surface area (Å²) in [6, 6.07) is 16.0. The molecule has 0 spiro atoms. The normalized spacial score (nSPS) is 10.9. The maximum Gasteiger partial charge on any atom is 0.243 e. The number of nitrogens with zero attached hydrogens (tertiary/aromatic N) is 5. The third-order valence-electron chi connectivity index (χ3n) is 6.07. The van der Waals surface area contributed by atoms with Crippen LogP contribution in [0.1, 0.15) is 5.56 Å². The van der Waals surface area contributed by atoms with Gasteiger partial charge in [-0.25, -0.2) is 4.98 Å². The van der Waals surface area contributed by atoms with Crippen molar-refractivity contribution in [2.24, 2.45) is 0 Å². The largest absolute Gasteiger partial charge is 0.494 e. The van der Waals surface area contributed by atoms with Gasteiger partial charge in [-0.1, -0.05) is 24.8 Å². The highest BCUT2D eigenvalue weighted by Crippen LogP contribution is 2.35. The average Bonchev–Trinajstić information content (AvgIpc) is 3.34. The molecule has 0 unspecified atom stereocenters. The first-order valence-corrected chi connectivity index (χ1v) is 12.0. The van der Waals surface area contributed by atoms with Crippen molar-refractivity contribution in [3.63, 3.8) is 0 Å². The Morgan fingerprint density at radius 1 is 1.14 bits per heavy atom. The number of ether oxygens (including phenoxy) is 1. The minimum atomic E-state index is -0.234. The number of anilines is 3. The van der Waals surface area contributed by atoms with E-state index in [1.165, 1.54) is 6.08 Å². The first-order chi connectivity index (χ1) is 17.9. The number of rotatable bonds is 11. The molecule has 1 amide bonds.